The first-order valence-electron chi connectivity index (χ1n) is 16.2. The molecule has 0 bridgehead atoms. The number of hydrogen-bond donors (Lipinski definition) is 0. The monoisotopic (exact) mass is 616 g/mol. The van der Waals surface area contributed by atoms with Crippen LogP contribution in [0.3, 0.4) is 0 Å². The molecule has 0 saturated carbocycles. The Morgan fingerprint density at radius 1 is 0.522 bits per heavy atom. The van der Waals surface area contributed by atoms with Gasteiger partial charge in [0.15, 0.2) is 0 Å². The number of ether oxygens (including phenoxy) is 2. The van der Waals surface area contributed by atoms with Gasteiger partial charge in [-0.2, -0.15) is 0 Å². The second-order valence-corrected chi connectivity index (χ2v) is 14.6. The molecule has 0 N–H and O–H groups in total. The van der Waals surface area contributed by atoms with Crippen molar-refractivity contribution in [3.05, 3.63) is 108 Å². The SMILES string of the molecule is CC1(C)OB(c2ccc(OC(Oc3ccc(B4OC(C)(C)C(C)(C)O4)cc3)c3ccc4c(c3)Cc3ccccc3-4)cc2)OC1(C)C. The van der Waals surface area contributed by atoms with Crippen molar-refractivity contribution in [2.45, 2.75) is 90.5 Å². The van der Waals surface area contributed by atoms with Crippen molar-refractivity contribution >= 4 is 25.2 Å². The van der Waals surface area contributed by atoms with Crippen molar-refractivity contribution < 1.29 is 28.1 Å². The molecule has 236 valence electrons. The zero-order chi connectivity index (χ0) is 32.5. The Labute approximate surface area is 273 Å². The lowest BCUT2D eigenvalue weighted by Crippen LogP contribution is -2.41. The molecule has 0 radical (unpaired) electrons. The minimum atomic E-state index is -0.681. The van der Waals surface area contributed by atoms with E-state index in [4.69, 9.17) is 28.1 Å². The Morgan fingerprint density at radius 3 is 1.43 bits per heavy atom. The molecule has 0 unspecified atom stereocenters. The van der Waals surface area contributed by atoms with Crippen molar-refractivity contribution in [3.63, 3.8) is 0 Å². The molecule has 8 heteroatoms. The smallest absolute Gasteiger partial charge is 0.451 e. The van der Waals surface area contributed by atoms with Gasteiger partial charge in [0.25, 0.3) is 6.29 Å². The van der Waals surface area contributed by atoms with Gasteiger partial charge in [0.2, 0.25) is 0 Å². The predicted molar refractivity (Wildman–Crippen MR) is 183 cm³/mol. The molecule has 2 saturated heterocycles. The van der Waals surface area contributed by atoms with Crippen LogP contribution in [0.4, 0.5) is 0 Å². The van der Waals surface area contributed by atoms with Crippen molar-refractivity contribution in [2.75, 3.05) is 0 Å². The molecule has 2 aliphatic heterocycles. The summed E-state index contributed by atoms with van der Waals surface area (Å²) in [6.45, 7) is 16.5. The molecule has 6 nitrogen and oxygen atoms in total. The summed E-state index contributed by atoms with van der Waals surface area (Å²) in [4.78, 5) is 0. The standard InChI is InChI=1S/C38H42B2O6/c1-35(2)36(3,4)44-39(43-35)28-14-18-30(19-15-28)41-34(26-13-22-33-27(24-26)23-25-11-9-10-12-32(25)33)42-31-20-16-29(17-21-31)40-45-37(5,6)38(7,8)46-40/h9-22,24,34H,23H2,1-8H3. The average molecular weight is 616 g/mol. The maximum atomic E-state index is 6.57. The van der Waals surface area contributed by atoms with E-state index in [1.165, 1.54) is 22.3 Å². The number of hydrogen-bond acceptors (Lipinski definition) is 6. The minimum Gasteiger partial charge on any atom is -0.451 e. The molecular weight excluding hydrogens is 574 g/mol. The Kier molecular flexibility index (Phi) is 7.44. The van der Waals surface area contributed by atoms with Crippen LogP contribution in [0.2, 0.25) is 0 Å². The van der Waals surface area contributed by atoms with Gasteiger partial charge in [-0.15, -0.1) is 0 Å². The van der Waals surface area contributed by atoms with Gasteiger partial charge in [-0.25, -0.2) is 0 Å². The fourth-order valence-corrected chi connectivity index (χ4v) is 6.08. The quantitative estimate of drug-likeness (QED) is 0.145. The summed E-state index contributed by atoms with van der Waals surface area (Å²) in [6, 6.07) is 30.8. The third-order valence-corrected chi connectivity index (χ3v) is 10.4. The maximum Gasteiger partial charge on any atom is 0.494 e. The van der Waals surface area contributed by atoms with Crippen molar-refractivity contribution in [1.82, 2.24) is 0 Å². The normalized spacial score (nSPS) is 20.1. The van der Waals surface area contributed by atoms with E-state index < -0.39 is 42.9 Å². The summed E-state index contributed by atoms with van der Waals surface area (Å²) in [5, 5.41) is 0. The highest BCUT2D eigenvalue weighted by Crippen LogP contribution is 2.40. The maximum absolute atomic E-state index is 6.57. The van der Waals surface area contributed by atoms with Gasteiger partial charge in [0, 0.05) is 5.56 Å². The Hall–Kier alpha value is -3.55. The lowest BCUT2D eigenvalue weighted by molar-refractivity contribution is 0.00381. The van der Waals surface area contributed by atoms with Crippen LogP contribution in [0.25, 0.3) is 11.1 Å². The first-order valence-corrected chi connectivity index (χ1v) is 16.2. The molecule has 46 heavy (non-hydrogen) atoms. The zero-order valence-corrected chi connectivity index (χ0v) is 28.0. The summed E-state index contributed by atoms with van der Waals surface area (Å²) < 4.78 is 38.2. The van der Waals surface area contributed by atoms with Gasteiger partial charge in [0.1, 0.15) is 11.5 Å². The van der Waals surface area contributed by atoms with Crippen LogP contribution in [0.15, 0.2) is 91.0 Å². The van der Waals surface area contributed by atoms with E-state index in [0.717, 1.165) is 22.9 Å². The van der Waals surface area contributed by atoms with Crippen molar-refractivity contribution in [3.8, 4) is 22.6 Å². The van der Waals surface area contributed by atoms with E-state index in [1.807, 2.05) is 48.5 Å². The van der Waals surface area contributed by atoms with E-state index in [2.05, 4.69) is 97.9 Å². The van der Waals surface area contributed by atoms with Crippen LogP contribution < -0.4 is 20.4 Å². The summed E-state index contributed by atoms with van der Waals surface area (Å²) in [5.41, 5.74) is 6.36. The first-order chi connectivity index (χ1) is 21.7. The van der Waals surface area contributed by atoms with Gasteiger partial charge in [-0.3, -0.25) is 0 Å². The second kappa shape index (κ2) is 11.0. The van der Waals surface area contributed by atoms with E-state index in [1.54, 1.807) is 0 Å². The van der Waals surface area contributed by atoms with Crippen molar-refractivity contribution in [2.24, 2.45) is 0 Å². The van der Waals surface area contributed by atoms with Crippen LogP contribution in [0.5, 0.6) is 11.5 Å². The molecule has 7 rings (SSSR count). The molecule has 3 aliphatic rings. The number of fused-ring (bicyclic) bond motifs is 3. The van der Waals surface area contributed by atoms with E-state index in [0.29, 0.717) is 11.5 Å². The second-order valence-electron chi connectivity index (χ2n) is 14.6. The van der Waals surface area contributed by atoms with Crippen LogP contribution in [0.1, 0.15) is 78.4 Å². The molecule has 0 spiro atoms. The van der Waals surface area contributed by atoms with Gasteiger partial charge >= 0.3 is 14.2 Å². The lowest BCUT2D eigenvalue weighted by Gasteiger charge is -2.32. The summed E-state index contributed by atoms with van der Waals surface area (Å²) in [7, 11) is -0.876. The van der Waals surface area contributed by atoms with Crippen LogP contribution >= 0.6 is 0 Å². The largest absolute Gasteiger partial charge is 0.494 e. The topological polar surface area (TPSA) is 55.4 Å². The highest BCUT2D eigenvalue weighted by Gasteiger charge is 2.52. The van der Waals surface area contributed by atoms with E-state index in [-0.39, 0.29) is 0 Å². The van der Waals surface area contributed by atoms with Gasteiger partial charge in [-0.1, -0.05) is 60.7 Å². The van der Waals surface area contributed by atoms with Crippen LogP contribution in [-0.4, -0.2) is 36.6 Å². The molecular formula is C38H42B2O6. The Bertz CT molecular complexity index is 1630. The molecule has 1 aliphatic carbocycles. The minimum absolute atomic E-state index is 0.406. The summed E-state index contributed by atoms with van der Waals surface area (Å²) in [5.74, 6) is 1.37. The fourth-order valence-electron chi connectivity index (χ4n) is 6.08. The molecule has 4 aromatic carbocycles. The zero-order valence-electron chi connectivity index (χ0n) is 28.0. The molecule has 0 amide bonds. The molecule has 2 heterocycles. The fraction of sp³-hybridized carbons (Fsp3) is 0.368. The average Bonchev–Trinajstić information content (AvgIpc) is 3.56. The van der Waals surface area contributed by atoms with Gasteiger partial charge < -0.3 is 28.1 Å². The summed E-state index contributed by atoms with van der Waals surface area (Å²) in [6.07, 6.45) is 0.205. The van der Waals surface area contributed by atoms with Crippen LogP contribution in [0, 0.1) is 0 Å². The van der Waals surface area contributed by atoms with Crippen molar-refractivity contribution in [1.29, 1.82) is 0 Å². The van der Waals surface area contributed by atoms with E-state index in [9.17, 15) is 0 Å². The highest BCUT2D eigenvalue weighted by molar-refractivity contribution is 6.62. The molecule has 0 atom stereocenters. The van der Waals surface area contributed by atoms with Gasteiger partial charge in [-0.05, 0) is 125 Å². The predicted octanol–water partition coefficient (Wildman–Crippen LogP) is 7.01. The van der Waals surface area contributed by atoms with E-state index >= 15 is 0 Å². The third kappa shape index (κ3) is 5.56. The number of rotatable bonds is 7. The van der Waals surface area contributed by atoms with Gasteiger partial charge in [0.05, 0.1) is 22.4 Å². The molecule has 0 aromatic heterocycles. The first kappa shape index (κ1) is 31.1. The summed E-state index contributed by atoms with van der Waals surface area (Å²) >= 11 is 0. The molecule has 2 fully saturated rings. The Balaban J connectivity index is 1.14. The van der Waals surface area contributed by atoms with Crippen LogP contribution in [-0.2, 0) is 25.0 Å². The Morgan fingerprint density at radius 2 is 0.957 bits per heavy atom. The molecule has 4 aromatic rings. The lowest BCUT2D eigenvalue weighted by atomic mass is 9.79. The number of benzene rings is 4. The third-order valence-electron chi connectivity index (χ3n) is 10.4. The highest BCUT2D eigenvalue weighted by atomic mass is 16.7.